The molecule has 0 atom stereocenters. The summed E-state index contributed by atoms with van der Waals surface area (Å²) in [6, 6.07) is 23.2. The summed E-state index contributed by atoms with van der Waals surface area (Å²) in [7, 11) is 0. The van der Waals surface area contributed by atoms with Gasteiger partial charge in [-0.3, -0.25) is 9.59 Å². The number of anilines is 2. The highest BCUT2D eigenvalue weighted by Crippen LogP contribution is 2.22. The Hall–Kier alpha value is -3.60. The van der Waals surface area contributed by atoms with Crippen molar-refractivity contribution >= 4 is 23.2 Å². The fourth-order valence-corrected chi connectivity index (χ4v) is 2.85. The number of para-hydroxylation sites is 1. The molecule has 5 heteroatoms. The van der Waals surface area contributed by atoms with Crippen LogP contribution in [0.1, 0.15) is 41.0 Å². The van der Waals surface area contributed by atoms with Crippen LogP contribution >= 0.6 is 0 Å². The molecule has 2 amide bonds. The first-order valence-electron chi connectivity index (χ1n) is 10.0. The van der Waals surface area contributed by atoms with E-state index in [0.29, 0.717) is 40.8 Å². The highest BCUT2D eigenvalue weighted by atomic mass is 16.5. The van der Waals surface area contributed by atoms with E-state index in [1.807, 2.05) is 24.3 Å². The molecular weight excluding hydrogens is 376 g/mol. The molecule has 0 aliphatic rings. The number of rotatable bonds is 8. The molecule has 5 nitrogen and oxygen atoms in total. The lowest BCUT2D eigenvalue weighted by molar-refractivity contribution is 0.101. The minimum atomic E-state index is -0.262. The Labute approximate surface area is 177 Å². The number of hydrogen-bond acceptors (Lipinski definition) is 3. The van der Waals surface area contributed by atoms with E-state index in [-0.39, 0.29) is 11.8 Å². The number of carbonyl (C=O) groups excluding carboxylic acids is 2. The summed E-state index contributed by atoms with van der Waals surface area (Å²) < 4.78 is 5.81. The van der Waals surface area contributed by atoms with Crippen LogP contribution in [0.2, 0.25) is 0 Å². The Kier molecular flexibility index (Phi) is 7.22. The van der Waals surface area contributed by atoms with Gasteiger partial charge in [0, 0.05) is 16.9 Å². The summed E-state index contributed by atoms with van der Waals surface area (Å²) in [5.41, 5.74) is 2.23. The van der Waals surface area contributed by atoms with Crippen LogP contribution in [-0.4, -0.2) is 18.4 Å². The van der Waals surface area contributed by atoms with Gasteiger partial charge in [-0.15, -0.1) is 0 Å². The van der Waals surface area contributed by atoms with Crippen molar-refractivity contribution in [3.8, 4) is 5.75 Å². The Morgan fingerprint density at radius 1 is 0.800 bits per heavy atom. The maximum atomic E-state index is 12.8. The molecule has 3 aromatic rings. The van der Waals surface area contributed by atoms with Gasteiger partial charge in [0.1, 0.15) is 5.75 Å². The van der Waals surface area contributed by atoms with Gasteiger partial charge in [0.15, 0.2) is 0 Å². The highest BCUT2D eigenvalue weighted by Gasteiger charge is 2.13. The van der Waals surface area contributed by atoms with E-state index in [1.165, 1.54) is 0 Å². The van der Waals surface area contributed by atoms with Crippen molar-refractivity contribution in [2.75, 3.05) is 17.2 Å². The summed E-state index contributed by atoms with van der Waals surface area (Å²) >= 11 is 0. The Morgan fingerprint density at radius 2 is 1.43 bits per heavy atom. The van der Waals surface area contributed by atoms with Crippen molar-refractivity contribution in [3.63, 3.8) is 0 Å². The third kappa shape index (κ3) is 5.95. The second-order valence-electron chi connectivity index (χ2n) is 7.38. The molecule has 0 saturated carbocycles. The molecule has 0 aliphatic heterocycles. The molecule has 0 bridgehead atoms. The second-order valence-corrected chi connectivity index (χ2v) is 7.38. The van der Waals surface area contributed by atoms with Crippen molar-refractivity contribution in [2.45, 2.75) is 20.3 Å². The van der Waals surface area contributed by atoms with Crippen molar-refractivity contribution in [1.82, 2.24) is 0 Å². The quantitative estimate of drug-likeness (QED) is 0.514. The van der Waals surface area contributed by atoms with Crippen LogP contribution in [0, 0.1) is 5.92 Å². The van der Waals surface area contributed by atoms with Gasteiger partial charge in [-0.2, -0.15) is 0 Å². The third-order valence-corrected chi connectivity index (χ3v) is 4.50. The molecule has 3 aromatic carbocycles. The molecule has 30 heavy (non-hydrogen) atoms. The summed E-state index contributed by atoms with van der Waals surface area (Å²) in [4.78, 5) is 25.2. The van der Waals surface area contributed by atoms with Crippen LogP contribution in [0.4, 0.5) is 11.4 Å². The first-order valence-corrected chi connectivity index (χ1v) is 10.0. The van der Waals surface area contributed by atoms with Crippen LogP contribution in [0.5, 0.6) is 5.75 Å². The van der Waals surface area contributed by atoms with Gasteiger partial charge in [0.05, 0.1) is 12.2 Å². The minimum absolute atomic E-state index is 0.206. The van der Waals surface area contributed by atoms with Crippen molar-refractivity contribution in [1.29, 1.82) is 0 Å². The Balaban J connectivity index is 1.68. The fraction of sp³-hybridized carbons (Fsp3) is 0.200. The first kappa shape index (κ1) is 21.1. The Bertz CT molecular complexity index is 1000. The second kappa shape index (κ2) is 10.3. The average molecular weight is 402 g/mol. The molecule has 0 aliphatic carbocycles. The van der Waals surface area contributed by atoms with E-state index in [0.717, 1.165) is 6.42 Å². The minimum Gasteiger partial charge on any atom is -0.493 e. The highest BCUT2D eigenvalue weighted by molar-refractivity contribution is 6.07. The number of carbonyl (C=O) groups is 2. The van der Waals surface area contributed by atoms with E-state index in [1.54, 1.807) is 54.6 Å². The summed E-state index contributed by atoms with van der Waals surface area (Å²) in [6.45, 7) is 4.82. The molecule has 0 fully saturated rings. The largest absolute Gasteiger partial charge is 0.493 e. The first-order chi connectivity index (χ1) is 14.5. The normalized spacial score (nSPS) is 10.5. The molecule has 0 spiro atoms. The summed E-state index contributed by atoms with van der Waals surface area (Å²) in [5.74, 6) is 0.619. The Morgan fingerprint density at radius 3 is 2.13 bits per heavy atom. The molecular formula is C25H26N2O3. The zero-order valence-corrected chi connectivity index (χ0v) is 17.2. The zero-order chi connectivity index (χ0) is 21.3. The number of benzene rings is 3. The average Bonchev–Trinajstić information content (AvgIpc) is 2.74. The monoisotopic (exact) mass is 402 g/mol. The topological polar surface area (TPSA) is 67.4 Å². The van der Waals surface area contributed by atoms with E-state index >= 15 is 0 Å². The predicted molar refractivity (Wildman–Crippen MR) is 120 cm³/mol. The molecule has 0 saturated heterocycles. The molecule has 2 N–H and O–H groups in total. The van der Waals surface area contributed by atoms with Crippen molar-refractivity contribution < 1.29 is 14.3 Å². The van der Waals surface area contributed by atoms with E-state index in [9.17, 15) is 9.59 Å². The van der Waals surface area contributed by atoms with Crippen LogP contribution in [-0.2, 0) is 0 Å². The third-order valence-electron chi connectivity index (χ3n) is 4.50. The van der Waals surface area contributed by atoms with Gasteiger partial charge in [0.2, 0.25) is 0 Å². The van der Waals surface area contributed by atoms with Gasteiger partial charge >= 0.3 is 0 Å². The van der Waals surface area contributed by atoms with Gasteiger partial charge in [-0.1, -0.05) is 50.2 Å². The van der Waals surface area contributed by atoms with Crippen LogP contribution in [0.15, 0.2) is 78.9 Å². The fourth-order valence-electron chi connectivity index (χ4n) is 2.85. The van der Waals surface area contributed by atoms with Gasteiger partial charge < -0.3 is 15.4 Å². The number of ether oxygens (including phenoxy) is 1. The van der Waals surface area contributed by atoms with E-state index in [2.05, 4.69) is 24.5 Å². The maximum Gasteiger partial charge on any atom is 0.259 e. The molecule has 3 rings (SSSR count). The number of nitrogens with one attached hydrogen (secondary N) is 2. The lowest BCUT2D eigenvalue weighted by Gasteiger charge is -2.13. The lowest BCUT2D eigenvalue weighted by Crippen LogP contribution is -2.15. The molecule has 0 heterocycles. The van der Waals surface area contributed by atoms with E-state index < -0.39 is 0 Å². The van der Waals surface area contributed by atoms with Gasteiger partial charge in [-0.25, -0.2) is 0 Å². The SMILES string of the molecule is CC(C)CCOc1ccccc1C(=O)Nc1cccc(NC(=O)c2ccccc2)c1. The van der Waals surface area contributed by atoms with Gasteiger partial charge in [0.25, 0.3) is 11.8 Å². The van der Waals surface area contributed by atoms with Crippen LogP contribution < -0.4 is 15.4 Å². The van der Waals surface area contributed by atoms with Crippen LogP contribution in [0.3, 0.4) is 0 Å². The van der Waals surface area contributed by atoms with Gasteiger partial charge in [-0.05, 0) is 54.8 Å². The molecule has 0 unspecified atom stereocenters. The number of hydrogen-bond donors (Lipinski definition) is 2. The molecule has 0 radical (unpaired) electrons. The zero-order valence-electron chi connectivity index (χ0n) is 17.2. The summed E-state index contributed by atoms with van der Waals surface area (Å²) in [6.07, 6.45) is 0.916. The standard InChI is InChI=1S/C25H26N2O3/c1-18(2)15-16-30-23-14-7-6-13-22(23)25(29)27-21-12-8-11-20(17-21)26-24(28)19-9-4-3-5-10-19/h3-14,17-18H,15-16H2,1-2H3,(H,26,28)(H,27,29). The maximum absolute atomic E-state index is 12.8. The van der Waals surface area contributed by atoms with Crippen LogP contribution in [0.25, 0.3) is 0 Å². The predicted octanol–water partition coefficient (Wildman–Crippen LogP) is 5.62. The molecule has 0 aromatic heterocycles. The van der Waals surface area contributed by atoms with E-state index in [4.69, 9.17) is 4.74 Å². The summed E-state index contributed by atoms with van der Waals surface area (Å²) in [5, 5.41) is 5.73. The smallest absolute Gasteiger partial charge is 0.259 e. The van der Waals surface area contributed by atoms with Crippen molar-refractivity contribution in [2.24, 2.45) is 5.92 Å². The lowest BCUT2D eigenvalue weighted by atomic mass is 10.1. The molecule has 154 valence electrons. The number of amides is 2. The van der Waals surface area contributed by atoms with Crippen molar-refractivity contribution in [3.05, 3.63) is 90.0 Å².